The van der Waals surface area contributed by atoms with Crippen molar-refractivity contribution in [1.82, 2.24) is 15.5 Å². The van der Waals surface area contributed by atoms with Crippen molar-refractivity contribution in [2.45, 2.75) is 57.0 Å². The van der Waals surface area contributed by atoms with Gasteiger partial charge in [0, 0.05) is 16.6 Å². The molecular formula is C19H24ClN3O3. The topological polar surface area (TPSA) is 78.5 Å². The van der Waals surface area contributed by atoms with E-state index in [2.05, 4.69) is 10.6 Å². The highest BCUT2D eigenvalue weighted by atomic mass is 35.5. The average molecular weight is 378 g/mol. The number of halogens is 1. The van der Waals surface area contributed by atoms with Crippen molar-refractivity contribution in [3.8, 4) is 0 Å². The number of benzene rings is 1. The number of carbonyl (C=O) groups is 3. The monoisotopic (exact) mass is 377 g/mol. The standard InChI is InChI=1S/C19H24ClN3O3/c1-19(14-10-6-7-11-15(14)20)17(25)23(18(26)22-19)12-16(24)21-13-8-4-2-3-5-9-13/h6-7,10-11,13H,2-5,8-9,12H2,1H3,(H,21,24)(H,22,26)/t19-/m0/s1. The van der Waals surface area contributed by atoms with Gasteiger partial charge in [-0.2, -0.15) is 0 Å². The van der Waals surface area contributed by atoms with E-state index in [4.69, 9.17) is 11.6 Å². The van der Waals surface area contributed by atoms with Crippen LogP contribution in [0.3, 0.4) is 0 Å². The van der Waals surface area contributed by atoms with E-state index in [1.165, 1.54) is 12.8 Å². The highest BCUT2D eigenvalue weighted by Gasteiger charge is 2.50. The Labute approximate surface area is 158 Å². The van der Waals surface area contributed by atoms with Crippen LogP contribution in [0, 0.1) is 0 Å². The second-order valence-electron chi connectivity index (χ2n) is 7.18. The molecule has 6 nitrogen and oxygen atoms in total. The van der Waals surface area contributed by atoms with E-state index in [0.717, 1.165) is 30.6 Å². The molecule has 1 saturated carbocycles. The van der Waals surface area contributed by atoms with Crippen LogP contribution in [-0.2, 0) is 15.1 Å². The molecule has 2 fully saturated rings. The van der Waals surface area contributed by atoms with Crippen molar-refractivity contribution >= 4 is 29.4 Å². The summed E-state index contributed by atoms with van der Waals surface area (Å²) in [6.07, 6.45) is 6.47. The zero-order valence-electron chi connectivity index (χ0n) is 14.9. The first-order valence-electron chi connectivity index (χ1n) is 9.10. The fourth-order valence-corrected chi connectivity index (χ4v) is 4.06. The lowest BCUT2D eigenvalue weighted by atomic mass is 9.92. The first kappa shape index (κ1) is 18.7. The van der Waals surface area contributed by atoms with E-state index < -0.39 is 17.5 Å². The molecule has 7 heteroatoms. The summed E-state index contributed by atoms with van der Waals surface area (Å²) in [4.78, 5) is 38.6. The molecule has 0 radical (unpaired) electrons. The van der Waals surface area contributed by atoms with Crippen molar-refractivity contribution in [3.63, 3.8) is 0 Å². The molecule has 2 N–H and O–H groups in total. The molecule has 1 aliphatic heterocycles. The lowest BCUT2D eigenvalue weighted by Gasteiger charge is -2.23. The third-order valence-electron chi connectivity index (χ3n) is 5.21. The minimum Gasteiger partial charge on any atom is -0.352 e. The van der Waals surface area contributed by atoms with Gasteiger partial charge in [-0.05, 0) is 25.8 Å². The summed E-state index contributed by atoms with van der Waals surface area (Å²) in [5.41, 5.74) is -0.746. The molecule has 1 aromatic rings. The number of hydrogen-bond donors (Lipinski definition) is 2. The first-order valence-corrected chi connectivity index (χ1v) is 9.48. The predicted molar refractivity (Wildman–Crippen MR) is 98.7 cm³/mol. The van der Waals surface area contributed by atoms with Crippen LogP contribution in [0.2, 0.25) is 5.02 Å². The van der Waals surface area contributed by atoms with Gasteiger partial charge in [0.1, 0.15) is 12.1 Å². The molecule has 1 heterocycles. The summed E-state index contributed by atoms with van der Waals surface area (Å²) >= 11 is 6.20. The zero-order chi connectivity index (χ0) is 18.7. The number of amides is 4. The Morgan fingerprint density at radius 1 is 1.23 bits per heavy atom. The molecule has 2 aliphatic rings. The lowest BCUT2D eigenvalue weighted by molar-refractivity contribution is -0.135. The molecule has 140 valence electrons. The summed E-state index contributed by atoms with van der Waals surface area (Å²) in [6, 6.07) is 6.44. The normalized spacial score (nSPS) is 24.3. The second kappa shape index (κ2) is 7.66. The van der Waals surface area contributed by atoms with Gasteiger partial charge >= 0.3 is 6.03 Å². The number of urea groups is 1. The van der Waals surface area contributed by atoms with Crippen molar-refractivity contribution in [2.24, 2.45) is 0 Å². The Hall–Kier alpha value is -2.08. The Morgan fingerprint density at radius 2 is 1.88 bits per heavy atom. The van der Waals surface area contributed by atoms with Crippen molar-refractivity contribution in [2.75, 3.05) is 6.54 Å². The molecule has 26 heavy (non-hydrogen) atoms. The summed E-state index contributed by atoms with van der Waals surface area (Å²) in [6.45, 7) is 1.33. The quantitative estimate of drug-likeness (QED) is 0.625. The lowest BCUT2D eigenvalue weighted by Crippen LogP contribution is -2.45. The number of rotatable bonds is 4. The molecule has 4 amide bonds. The summed E-state index contributed by atoms with van der Waals surface area (Å²) in [7, 11) is 0. The number of carbonyl (C=O) groups excluding carboxylic acids is 3. The van der Waals surface area contributed by atoms with E-state index >= 15 is 0 Å². The number of imide groups is 1. The van der Waals surface area contributed by atoms with Gasteiger partial charge in [-0.3, -0.25) is 14.5 Å². The maximum Gasteiger partial charge on any atom is 0.325 e. The fourth-order valence-electron chi connectivity index (χ4n) is 3.73. The molecule has 0 bridgehead atoms. The molecule has 1 aliphatic carbocycles. The van der Waals surface area contributed by atoms with Gasteiger partial charge in [-0.1, -0.05) is 55.5 Å². The smallest absolute Gasteiger partial charge is 0.325 e. The van der Waals surface area contributed by atoms with E-state index in [1.807, 2.05) is 0 Å². The Bertz CT molecular complexity index is 716. The number of nitrogens with one attached hydrogen (secondary N) is 2. The Morgan fingerprint density at radius 3 is 2.54 bits per heavy atom. The van der Waals surface area contributed by atoms with Crippen molar-refractivity contribution in [3.05, 3.63) is 34.9 Å². The van der Waals surface area contributed by atoms with Crippen LogP contribution in [-0.4, -0.2) is 35.3 Å². The summed E-state index contributed by atoms with van der Waals surface area (Å²) in [5, 5.41) is 6.04. The van der Waals surface area contributed by atoms with Crippen LogP contribution in [0.25, 0.3) is 0 Å². The second-order valence-corrected chi connectivity index (χ2v) is 7.59. The molecule has 1 atom stereocenters. The van der Waals surface area contributed by atoms with E-state index in [1.54, 1.807) is 31.2 Å². The predicted octanol–water partition coefficient (Wildman–Crippen LogP) is 2.95. The highest BCUT2D eigenvalue weighted by molar-refractivity contribution is 6.32. The average Bonchev–Trinajstić information content (AvgIpc) is 2.79. The summed E-state index contributed by atoms with van der Waals surface area (Å²) < 4.78 is 0. The van der Waals surface area contributed by atoms with Crippen LogP contribution in [0.1, 0.15) is 51.0 Å². The molecule has 1 saturated heterocycles. The minimum atomic E-state index is -1.27. The third-order valence-corrected chi connectivity index (χ3v) is 5.54. The SMILES string of the molecule is C[C@@]1(c2ccccc2Cl)NC(=O)N(CC(=O)NC2CCCCCC2)C1=O. The number of hydrogen-bond acceptors (Lipinski definition) is 3. The van der Waals surface area contributed by atoms with Gasteiger partial charge in [0.2, 0.25) is 5.91 Å². The first-order chi connectivity index (χ1) is 12.4. The molecule has 0 aromatic heterocycles. The van der Waals surface area contributed by atoms with E-state index in [0.29, 0.717) is 10.6 Å². The van der Waals surface area contributed by atoms with Crippen LogP contribution < -0.4 is 10.6 Å². The van der Waals surface area contributed by atoms with Crippen LogP contribution in [0.4, 0.5) is 4.79 Å². The van der Waals surface area contributed by atoms with Gasteiger partial charge in [0.25, 0.3) is 5.91 Å². The summed E-state index contributed by atoms with van der Waals surface area (Å²) in [5.74, 6) is -0.768. The van der Waals surface area contributed by atoms with Gasteiger partial charge in [-0.15, -0.1) is 0 Å². The van der Waals surface area contributed by atoms with Crippen molar-refractivity contribution in [1.29, 1.82) is 0 Å². The van der Waals surface area contributed by atoms with Crippen LogP contribution in [0.15, 0.2) is 24.3 Å². The Balaban J connectivity index is 1.69. The van der Waals surface area contributed by atoms with Gasteiger partial charge in [0.15, 0.2) is 0 Å². The molecular weight excluding hydrogens is 354 g/mol. The zero-order valence-corrected chi connectivity index (χ0v) is 15.6. The van der Waals surface area contributed by atoms with Crippen molar-refractivity contribution < 1.29 is 14.4 Å². The van der Waals surface area contributed by atoms with Crippen LogP contribution in [0.5, 0.6) is 0 Å². The highest BCUT2D eigenvalue weighted by Crippen LogP contribution is 2.33. The maximum atomic E-state index is 12.9. The van der Waals surface area contributed by atoms with Gasteiger partial charge in [0.05, 0.1) is 0 Å². The third kappa shape index (κ3) is 3.70. The Kier molecular flexibility index (Phi) is 5.51. The number of nitrogens with zero attached hydrogens (tertiary/aromatic N) is 1. The van der Waals surface area contributed by atoms with Gasteiger partial charge in [-0.25, -0.2) is 4.79 Å². The van der Waals surface area contributed by atoms with E-state index in [-0.39, 0.29) is 18.5 Å². The van der Waals surface area contributed by atoms with E-state index in [9.17, 15) is 14.4 Å². The molecule has 1 aromatic carbocycles. The molecule has 0 unspecified atom stereocenters. The van der Waals surface area contributed by atoms with Crippen LogP contribution >= 0.6 is 11.6 Å². The largest absolute Gasteiger partial charge is 0.352 e. The van der Waals surface area contributed by atoms with Gasteiger partial charge < -0.3 is 10.6 Å². The molecule has 0 spiro atoms. The minimum absolute atomic E-state index is 0.126. The fraction of sp³-hybridized carbons (Fsp3) is 0.526. The molecule has 3 rings (SSSR count). The maximum absolute atomic E-state index is 12.9.